The fourth-order valence-corrected chi connectivity index (χ4v) is 5.21. The van der Waals surface area contributed by atoms with Crippen LogP contribution in [-0.2, 0) is 9.30 Å². The molecule has 0 radical (unpaired) electrons. The van der Waals surface area contributed by atoms with Crippen molar-refractivity contribution in [1.82, 2.24) is 19.9 Å². The van der Waals surface area contributed by atoms with Crippen molar-refractivity contribution in [2.45, 2.75) is 44.9 Å². The second kappa shape index (κ2) is 16.6. The normalized spacial score (nSPS) is 15.3. The van der Waals surface area contributed by atoms with E-state index in [1.165, 1.54) is 12.8 Å². The lowest BCUT2D eigenvalue weighted by atomic mass is 10.1. The Morgan fingerprint density at radius 2 is 1.76 bits per heavy atom. The number of ether oxygens (including phenoxy) is 1. The smallest absolute Gasteiger partial charge is 0.211 e. The van der Waals surface area contributed by atoms with Crippen molar-refractivity contribution in [1.29, 1.82) is 5.26 Å². The van der Waals surface area contributed by atoms with Crippen LogP contribution in [-0.4, -0.2) is 86.3 Å². The van der Waals surface area contributed by atoms with Gasteiger partial charge in [0.25, 0.3) is 0 Å². The SMILES string of the molecule is CP(C)(=O)N(CCCCCCCCNC(=NC#N)Nc1ccncc1)CCCN1CCOCC1. The number of nitrogens with zero attached hydrogens (tertiary/aromatic N) is 5. The molecule has 0 spiro atoms. The van der Waals surface area contributed by atoms with Crippen molar-refractivity contribution in [3.05, 3.63) is 24.5 Å². The van der Waals surface area contributed by atoms with Gasteiger partial charge in [-0.2, -0.15) is 5.26 Å². The maximum atomic E-state index is 12.7. The topological polar surface area (TPSA) is 106 Å². The van der Waals surface area contributed by atoms with Gasteiger partial charge in [-0.15, -0.1) is 4.99 Å². The standard InChI is InChI=1S/C24H42N7O2P/c1-34(2,32)31(17-9-15-30-18-20-33-21-19-30)16-8-6-4-3-5-7-12-27-24(28-22-25)29-23-10-13-26-14-11-23/h10-11,13-14H,3-9,12,15-21H2,1-2H3,(H2,26,27,28,29). The predicted octanol–water partition coefficient (Wildman–Crippen LogP) is 3.82. The van der Waals surface area contributed by atoms with E-state index in [-0.39, 0.29) is 0 Å². The highest BCUT2D eigenvalue weighted by atomic mass is 31.2. The highest BCUT2D eigenvalue weighted by molar-refractivity contribution is 7.59. The van der Waals surface area contributed by atoms with E-state index in [0.717, 1.165) is 90.3 Å². The molecule has 0 aromatic carbocycles. The van der Waals surface area contributed by atoms with Gasteiger partial charge in [0.1, 0.15) is 7.29 Å². The first-order chi connectivity index (χ1) is 16.5. The van der Waals surface area contributed by atoms with E-state index in [1.807, 2.05) is 31.7 Å². The Bertz CT molecular complexity index is 788. The van der Waals surface area contributed by atoms with Crippen LogP contribution in [0.5, 0.6) is 0 Å². The Morgan fingerprint density at radius 1 is 1.12 bits per heavy atom. The fourth-order valence-electron chi connectivity index (χ4n) is 3.96. The first kappa shape index (κ1) is 28.3. The Balaban J connectivity index is 1.53. The summed E-state index contributed by atoms with van der Waals surface area (Å²) in [6, 6.07) is 3.66. The van der Waals surface area contributed by atoms with Crippen LogP contribution in [0.2, 0.25) is 0 Å². The molecule has 1 saturated heterocycles. The minimum atomic E-state index is -2.22. The third-order valence-electron chi connectivity index (χ3n) is 5.92. The number of hydrogen-bond donors (Lipinski definition) is 2. The van der Waals surface area contributed by atoms with Gasteiger partial charge >= 0.3 is 0 Å². The summed E-state index contributed by atoms with van der Waals surface area (Å²) in [4.78, 5) is 10.2. The average Bonchev–Trinajstić information content (AvgIpc) is 2.82. The van der Waals surface area contributed by atoms with Gasteiger partial charge in [-0.05, 0) is 37.9 Å². The number of nitrogens with one attached hydrogen (secondary N) is 2. The Labute approximate surface area is 205 Å². The van der Waals surface area contributed by atoms with Crippen LogP contribution in [0.3, 0.4) is 0 Å². The molecule has 1 aromatic rings. The molecule has 2 rings (SSSR count). The Kier molecular flexibility index (Phi) is 13.8. The average molecular weight is 492 g/mol. The van der Waals surface area contributed by atoms with Gasteiger partial charge in [-0.1, -0.05) is 25.7 Å². The number of unbranched alkanes of at least 4 members (excludes halogenated alkanes) is 5. The number of hydrogen-bond acceptors (Lipinski definition) is 6. The highest BCUT2D eigenvalue weighted by Crippen LogP contribution is 2.41. The van der Waals surface area contributed by atoms with Gasteiger partial charge < -0.3 is 19.9 Å². The Morgan fingerprint density at radius 3 is 2.44 bits per heavy atom. The van der Waals surface area contributed by atoms with E-state index >= 15 is 0 Å². The van der Waals surface area contributed by atoms with Crippen molar-refractivity contribution in [2.24, 2.45) is 4.99 Å². The van der Waals surface area contributed by atoms with Crippen LogP contribution in [0.25, 0.3) is 0 Å². The van der Waals surface area contributed by atoms with Crippen LogP contribution >= 0.6 is 7.29 Å². The number of anilines is 1. The number of guanidine groups is 1. The molecule has 1 aromatic heterocycles. The summed E-state index contributed by atoms with van der Waals surface area (Å²) in [6.07, 6.45) is 13.0. The molecule has 0 atom stereocenters. The molecule has 0 saturated carbocycles. The summed E-state index contributed by atoms with van der Waals surface area (Å²) in [7, 11) is -2.22. The first-order valence-electron chi connectivity index (χ1n) is 12.5. The zero-order valence-corrected chi connectivity index (χ0v) is 21.8. The minimum Gasteiger partial charge on any atom is -0.379 e. The monoisotopic (exact) mass is 491 g/mol. The third kappa shape index (κ3) is 12.5. The molecular weight excluding hydrogens is 449 g/mol. The second-order valence-electron chi connectivity index (χ2n) is 9.02. The number of aromatic nitrogens is 1. The number of aliphatic imine (C=N–C) groups is 1. The summed E-state index contributed by atoms with van der Waals surface area (Å²) in [5, 5.41) is 15.2. The molecule has 0 bridgehead atoms. The maximum absolute atomic E-state index is 12.7. The van der Waals surface area contributed by atoms with Crippen LogP contribution in [0.15, 0.2) is 29.5 Å². The number of nitriles is 1. The van der Waals surface area contributed by atoms with E-state index in [9.17, 15) is 4.57 Å². The summed E-state index contributed by atoms with van der Waals surface area (Å²) in [5.74, 6) is 0.464. The van der Waals surface area contributed by atoms with E-state index in [2.05, 4.69) is 30.2 Å². The van der Waals surface area contributed by atoms with Crippen molar-refractivity contribution in [2.75, 3.05) is 71.1 Å². The number of pyridine rings is 1. The van der Waals surface area contributed by atoms with E-state index in [4.69, 9.17) is 10.00 Å². The van der Waals surface area contributed by atoms with Crippen molar-refractivity contribution < 1.29 is 9.30 Å². The molecule has 1 aliphatic rings. The van der Waals surface area contributed by atoms with Crippen LogP contribution < -0.4 is 10.6 Å². The summed E-state index contributed by atoms with van der Waals surface area (Å²) < 4.78 is 20.3. The molecule has 1 fully saturated rings. The van der Waals surface area contributed by atoms with Crippen LogP contribution in [0, 0.1) is 11.5 Å². The quantitative estimate of drug-likeness (QED) is 0.125. The third-order valence-corrected chi connectivity index (χ3v) is 7.68. The zero-order chi connectivity index (χ0) is 24.5. The summed E-state index contributed by atoms with van der Waals surface area (Å²) in [5.41, 5.74) is 0.843. The molecule has 0 amide bonds. The molecule has 0 unspecified atom stereocenters. The first-order valence-corrected chi connectivity index (χ1v) is 15.0. The van der Waals surface area contributed by atoms with E-state index in [0.29, 0.717) is 5.96 Å². The zero-order valence-electron chi connectivity index (χ0n) is 20.9. The summed E-state index contributed by atoms with van der Waals surface area (Å²) >= 11 is 0. The number of rotatable bonds is 15. The molecule has 2 N–H and O–H groups in total. The molecule has 2 heterocycles. The molecule has 9 nitrogen and oxygen atoms in total. The van der Waals surface area contributed by atoms with E-state index < -0.39 is 7.29 Å². The Hall–Kier alpha value is -1.98. The minimum absolute atomic E-state index is 0.464. The second-order valence-corrected chi connectivity index (χ2v) is 12.2. The van der Waals surface area contributed by atoms with Crippen molar-refractivity contribution >= 4 is 18.9 Å². The fraction of sp³-hybridized carbons (Fsp3) is 0.708. The van der Waals surface area contributed by atoms with Gasteiger partial charge in [0.2, 0.25) is 12.2 Å². The van der Waals surface area contributed by atoms with Gasteiger partial charge in [0.05, 0.1) is 13.2 Å². The maximum Gasteiger partial charge on any atom is 0.211 e. The lowest BCUT2D eigenvalue weighted by molar-refractivity contribution is 0.0369. The highest BCUT2D eigenvalue weighted by Gasteiger charge is 2.19. The number of morpholine rings is 1. The van der Waals surface area contributed by atoms with Gasteiger partial charge in [-0.25, -0.2) is 0 Å². The predicted molar refractivity (Wildman–Crippen MR) is 140 cm³/mol. The largest absolute Gasteiger partial charge is 0.379 e. The molecule has 34 heavy (non-hydrogen) atoms. The molecular formula is C24H42N7O2P. The van der Waals surface area contributed by atoms with Crippen LogP contribution in [0.1, 0.15) is 44.9 Å². The molecule has 1 aliphatic heterocycles. The summed E-state index contributed by atoms with van der Waals surface area (Å²) in [6.45, 7) is 11.1. The molecule has 10 heteroatoms. The van der Waals surface area contributed by atoms with Crippen molar-refractivity contribution in [3.8, 4) is 6.19 Å². The van der Waals surface area contributed by atoms with Gasteiger partial charge in [-0.3, -0.25) is 14.6 Å². The van der Waals surface area contributed by atoms with Gasteiger partial charge in [0.15, 0.2) is 0 Å². The van der Waals surface area contributed by atoms with E-state index in [1.54, 1.807) is 12.4 Å². The molecule has 0 aliphatic carbocycles. The lowest BCUT2D eigenvalue weighted by Gasteiger charge is -2.30. The lowest BCUT2D eigenvalue weighted by Crippen LogP contribution is -2.38. The molecule has 190 valence electrons. The van der Waals surface area contributed by atoms with Crippen LogP contribution in [0.4, 0.5) is 5.69 Å². The van der Waals surface area contributed by atoms with Gasteiger partial charge in [0, 0.05) is 64.1 Å². The van der Waals surface area contributed by atoms with Crippen molar-refractivity contribution in [3.63, 3.8) is 0 Å².